The summed E-state index contributed by atoms with van der Waals surface area (Å²) in [4.78, 5) is 12.5. The molecule has 0 amide bonds. The summed E-state index contributed by atoms with van der Waals surface area (Å²) < 4.78 is 12.3. The predicted octanol–water partition coefficient (Wildman–Crippen LogP) is 8.55. The Morgan fingerprint density at radius 1 is 1.14 bits per heavy atom. The first-order valence-corrected chi connectivity index (χ1v) is 17.7. The molecule has 0 spiro atoms. The van der Waals surface area contributed by atoms with Crippen LogP contribution in [0.1, 0.15) is 106 Å². The van der Waals surface area contributed by atoms with E-state index < -0.39 is 8.32 Å². The molecule has 0 aromatic rings. The molecule has 8 atom stereocenters. The Bertz CT molecular complexity index is 826. The average molecular weight is 503 g/mol. The molecule has 0 heterocycles. The maximum atomic E-state index is 12.5. The van der Waals surface area contributed by atoms with Crippen LogP contribution in [-0.2, 0) is 14.0 Å². The van der Waals surface area contributed by atoms with E-state index in [2.05, 4.69) is 60.7 Å². The van der Waals surface area contributed by atoms with E-state index in [4.69, 9.17) is 9.16 Å². The molecule has 0 aromatic heterocycles. The molecule has 3 fully saturated rings. The fraction of sp³-hybridized carbons (Fsp3) is 0.903. The topological polar surface area (TPSA) is 35.5 Å². The summed E-state index contributed by atoms with van der Waals surface area (Å²) >= 11 is 0. The van der Waals surface area contributed by atoms with E-state index in [-0.39, 0.29) is 11.0 Å². The van der Waals surface area contributed by atoms with Crippen molar-refractivity contribution in [1.82, 2.24) is 0 Å². The molecule has 0 bridgehead atoms. The van der Waals surface area contributed by atoms with E-state index in [1.165, 1.54) is 44.9 Å². The van der Waals surface area contributed by atoms with Crippen LogP contribution in [-0.4, -0.2) is 27.0 Å². The molecule has 200 valence electrons. The van der Waals surface area contributed by atoms with E-state index in [1.807, 2.05) is 6.92 Å². The zero-order valence-electron chi connectivity index (χ0n) is 24.3. The first kappa shape index (κ1) is 27.4. The minimum atomic E-state index is -1.74. The lowest BCUT2D eigenvalue weighted by molar-refractivity contribution is -0.146. The minimum Gasteiger partial charge on any atom is -0.466 e. The van der Waals surface area contributed by atoms with E-state index in [9.17, 15) is 4.79 Å². The zero-order valence-corrected chi connectivity index (χ0v) is 25.3. The molecule has 3 nitrogen and oxygen atoms in total. The van der Waals surface area contributed by atoms with Gasteiger partial charge in [-0.25, -0.2) is 0 Å². The standard InChI is InChI=1S/C31H54O3Si/c1-10-21-18-23(20-27(32)33-11-2)31(7)17-15-26-25(28(21)31)13-12-22-19-24(14-16-30(22,26)6)34-35(8,9)29(3,4)5/h12,21,23-26,28H,10-11,13-20H2,1-9H3/t21-,23+,24-,25+,26-,28-,30-,31+/m0/s1. The summed E-state index contributed by atoms with van der Waals surface area (Å²) in [6, 6.07) is 0. The highest BCUT2D eigenvalue weighted by atomic mass is 28.4. The molecule has 0 aliphatic heterocycles. The van der Waals surface area contributed by atoms with Crippen LogP contribution < -0.4 is 0 Å². The number of carbonyl (C=O) groups is 1. The summed E-state index contributed by atoms with van der Waals surface area (Å²) in [7, 11) is -1.74. The van der Waals surface area contributed by atoms with Gasteiger partial charge >= 0.3 is 5.97 Å². The number of rotatable bonds is 6. The molecule has 3 saturated carbocycles. The molecular formula is C31H54O3Si. The fourth-order valence-corrected chi connectivity index (χ4v) is 10.3. The van der Waals surface area contributed by atoms with Crippen LogP contribution in [0, 0.1) is 40.4 Å². The molecule has 35 heavy (non-hydrogen) atoms. The van der Waals surface area contributed by atoms with Gasteiger partial charge in [0.2, 0.25) is 0 Å². The van der Waals surface area contributed by atoms with Gasteiger partial charge in [0.05, 0.1) is 6.61 Å². The van der Waals surface area contributed by atoms with Gasteiger partial charge < -0.3 is 9.16 Å². The third-order valence-electron chi connectivity index (χ3n) is 11.9. The maximum absolute atomic E-state index is 12.5. The van der Waals surface area contributed by atoms with Crippen LogP contribution in [0.5, 0.6) is 0 Å². The van der Waals surface area contributed by atoms with Gasteiger partial charge in [-0.1, -0.05) is 59.6 Å². The molecule has 4 rings (SSSR count). The normalized spacial score (nSPS) is 41.5. The largest absolute Gasteiger partial charge is 0.466 e. The van der Waals surface area contributed by atoms with Gasteiger partial charge in [0, 0.05) is 12.5 Å². The zero-order chi connectivity index (χ0) is 25.8. The van der Waals surface area contributed by atoms with Gasteiger partial charge in [-0.2, -0.15) is 0 Å². The Balaban J connectivity index is 1.54. The van der Waals surface area contributed by atoms with Crippen molar-refractivity contribution in [3.63, 3.8) is 0 Å². The summed E-state index contributed by atoms with van der Waals surface area (Å²) in [6.45, 7) is 21.8. The summed E-state index contributed by atoms with van der Waals surface area (Å²) in [5.74, 6) is 3.59. The summed E-state index contributed by atoms with van der Waals surface area (Å²) in [5, 5.41) is 0.269. The summed E-state index contributed by atoms with van der Waals surface area (Å²) in [6.07, 6.45) is 13.7. The van der Waals surface area contributed by atoms with Crippen molar-refractivity contribution in [2.45, 2.75) is 130 Å². The lowest BCUT2D eigenvalue weighted by Gasteiger charge is -2.59. The van der Waals surface area contributed by atoms with Crippen molar-refractivity contribution in [2.24, 2.45) is 40.4 Å². The first-order chi connectivity index (χ1) is 16.3. The molecule has 4 heteroatoms. The second-order valence-corrected chi connectivity index (χ2v) is 19.3. The number of fused-ring (bicyclic) bond motifs is 5. The highest BCUT2D eigenvalue weighted by Gasteiger charge is 2.61. The van der Waals surface area contributed by atoms with Crippen molar-refractivity contribution in [3.05, 3.63) is 11.6 Å². The number of hydrogen-bond acceptors (Lipinski definition) is 3. The first-order valence-electron chi connectivity index (χ1n) is 14.8. The van der Waals surface area contributed by atoms with Gasteiger partial charge in [0.25, 0.3) is 0 Å². The number of carbonyl (C=O) groups excluding carboxylic acids is 1. The van der Waals surface area contributed by atoms with Crippen molar-refractivity contribution in [3.8, 4) is 0 Å². The Kier molecular flexibility index (Phi) is 7.52. The number of esters is 1. The highest BCUT2D eigenvalue weighted by Crippen LogP contribution is 2.68. The predicted molar refractivity (Wildman–Crippen MR) is 148 cm³/mol. The van der Waals surface area contributed by atoms with E-state index in [1.54, 1.807) is 5.57 Å². The fourth-order valence-electron chi connectivity index (χ4n) is 8.91. The van der Waals surface area contributed by atoms with Gasteiger partial charge in [-0.3, -0.25) is 4.79 Å². The highest BCUT2D eigenvalue weighted by molar-refractivity contribution is 6.74. The second-order valence-electron chi connectivity index (χ2n) is 14.6. The van der Waals surface area contributed by atoms with Gasteiger partial charge in [0.1, 0.15) is 0 Å². The molecular weight excluding hydrogens is 448 g/mol. The lowest BCUT2D eigenvalue weighted by Crippen LogP contribution is -2.52. The number of hydrogen-bond donors (Lipinski definition) is 0. The smallest absolute Gasteiger partial charge is 0.306 e. The quantitative estimate of drug-likeness (QED) is 0.207. The van der Waals surface area contributed by atoms with Crippen LogP contribution in [0.4, 0.5) is 0 Å². The van der Waals surface area contributed by atoms with Gasteiger partial charge in [-0.05, 0) is 110 Å². The van der Waals surface area contributed by atoms with E-state index >= 15 is 0 Å². The minimum absolute atomic E-state index is 0.0224. The van der Waals surface area contributed by atoms with Crippen molar-refractivity contribution in [2.75, 3.05) is 6.61 Å². The Labute approximate surface area is 217 Å². The van der Waals surface area contributed by atoms with Crippen LogP contribution in [0.2, 0.25) is 18.1 Å². The van der Waals surface area contributed by atoms with Gasteiger partial charge in [-0.15, -0.1) is 0 Å². The molecule has 4 aliphatic carbocycles. The van der Waals surface area contributed by atoms with Crippen molar-refractivity contribution in [1.29, 1.82) is 0 Å². The average Bonchev–Trinajstić information content (AvgIpc) is 3.04. The van der Waals surface area contributed by atoms with E-state index in [0.29, 0.717) is 35.9 Å². The summed E-state index contributed by atoms with van der Waals surface area (Å²) in [5.41, 5.74) is 2.35. The monoisotopic (exact) mass is 502 g/mol. The van der Waals surface area contributed by atoms with Crippen LogP contribution in [0.3, 0.4) is 0 Å². The van der Waals surface area contributed by atoms with Crippen molar-refractivity contribution < 1.29 is 14.0 Å². The Morgan fingerprint density at radius 2 is 1.86 bits per heavy atom. The third-order valence-corrected chi connectivity index (χ3v) is 16.4. The molecule has 0 unspecified atom stereocenters. The van der Waals surface area contributed by atoms with Crippen molar-refractivity contribution >= 4 is 14.3 Å². The Morgan fingerprint density at radius 3 is 2.49 bits per heavy atom. The Hall–Kier alpha value is -0.613. The van der Waals surface area contributed by atoms with E-state index in [0.717, 1.165) is 30.1 Å². The van der Waals surface area contributed by atoms with Crippen LogP contribution >= 0.6 is 0 Å². The lowest BCUT2D eigenvalue weighted by atomic mass is 9.46. The third kappa shape index (κ3) is 4.73. The van der Waals surface area contributed by atoms with Crippen LogP contribution in [0.15, 0.2) is 11.6 Å². The number of allylic oxidation sites excluding steroid dienone is 1. The van der Waals surface area contributed by atoms with Crippen LogP contribution in [0.25, 0.3) is 0 Å². The molecule has 0 N–H and O–H groups in total. The second kappa shape index (κ2) is 9.60. The molecule has 0 aromatic carbocycles. The number of ether oxygens (including phenoxy) is 1. The molecule has 0 radical (unpaired) electrons. The SMILES string of the molecule is CCOC(=O)C[C@H]1C[C@H](CC)[C@H]2[C@@H]3CC=C4C[C@@H](O[Si](C)(C)C(C)(C)C)CC[C@]4(C)[C@H]3CC[C@]12C. The van der Waals surface area contributed by atoms with Gasteiger partial charge in [0.15, 0.2) is 8.32 Å². The molecule has 4 aliphatic rings. The maximum Gasteiger partial charge on any atom is 0.306 e. The molecule has 0 saturated heterocycles.